The van der Waals surface area contributed by atoms with Gasteiger partial charge in [0.2, 0.25) is 11.8 Å². The number of amides is 2. The molecule has 0 spiro atoms. The molecule has 2 N–H and O–H groups in total. The van der Waals surface area contributed by atoms with Gasteiger partial charge in [-0.3, -0.25) is 14.9 Å². The highest BCUT2D eigenvalue weighted by Gasteiger charge is 2.30. The molecule has 7 heteroatoms. The van der Waals surface area contributed by atoms with Crippen LogP contribution in [0.2, 0.25) is 0 Å². The van der Waals surface area contributed by atoms with Gasteiger partial charge in [-0.15, -0.1) is 0 Å². The molecule has 0 bridgehead atoms. The zero-order valence-corrected chi connectivity index (χ0v) is 11.8. The number of imide groups is 1. The van der Waals surface area contributed by atoms with Crippen molar-refractivity contribution in [2.24, 2.45) is 0 Å². The summed E-state index contributed by atoms with van der Waals surface area (Å²) in [5.74, 6) is -0.863. The molecule has 0 saturated carbocycles. The van der Waals surface area contributed by atoms with Crippen molar-refractivity contribution in [2.45, 2.75) is 38.9 Å². The van der Waals surface area contributed by atoms with Crippen LogP contribution in [-0.2, 0) is 15.8 Å². The van der Waals surface area contributed by atoms with E-state index in [1.54, 1.807) is 0 Å². The fraction of sp³-hybridized carbons (Fsp3) is 0.429. The van der Waals surface area contributed by atoms with Crippen LogP contribution in [0.5, 0.6) is 0 Å². The quantitative estimate of drug-likeness (QED) is 0.879. The number of carbonyl (C=O) groups excluding carboxylic acids is 2. The molecule has 0 radical (unpaired) electrons. The molecule has 4 nitrogen and oxygen atoms in total. The summed E-state index contributed by atoms with van der Waals surface area (Å²) in [4.78, 5) is 22.2. The van der Waals surface area contributed by atoms with Gasteiger partial charge in [0.15, 0.2) is 0 Å². The molecule has 116 valence electrons. The zero-order chi connectivity index (χ0) is 16.0. The van der Waals surface area contributed by atoms with Crippen LogP contribution in [0.4, 0.5) is 18.9 Å². The third-order valence-corrected chi connectivity index (χ3v) is 2.82. The lowest BCUT2D eigenvalue weighted by Crippen LogP contribution is -2.33. The molecule has 1 aromatic rings. The Morgan fingerprint density at radius 3 is 2.19 bits per heavy atom. The average Bonchev–Trinajstić information content (AvgIpc) is 2.36. The molecule has 0 saturated heterocycles. The number of hydrogen-bond donors (Lipinski definition) is 2. The van der Waals surface area contributed by atoms with Crippen molar-refractivity contribution in [3.8, 4) is 0 Å². The van der Waals surface area contributed by atoms with Gasteiger partial charge in [0.1, 0.15) is 0 Å². The molecule has 0 aliphatic carbocycles. The third-order valence-electron chi connectivity index (χ3n) is 2.82. The van der Waals surface area contributed by atoms with E-state index >= 15 is 0 Å². The van der Waals surface area contributed by atoms with Gasteiger partial charge in [0.05, 0.1) is 5.56 Å². The van der Waals surface area contributed by atoms with E-state index in [2.05, 4.69) is 10.6 Å². The first kappa shape index (κ1) is 17.0. The van der Waals surface area contributed by atoms with Gasteiger partial charge in [0.25, 0.3) is 0 Å². The predicted molar refractivity (Wildman–Crippen MR) is 72.6 cm³/mol. The van der Waals surface area contributed by atoms with E-state index in [9.17, 15) is 22.8 Å². The van der Waals surface area contributed by atoms with Crippen molar-refractivity contribution in [1.82, 2.24) is 5.32 Å². The van der Waals surface area contributed by atoms with E-state index in [4.69, 9.17) is 0 Å². The van der Waals surface area contributed by atoms with Crippen LogP contribution in [0.15, 0.2) is 24.3 Å². The van der Waals surface area contributed by atoms with E-state index in [1.165, 1.54) is 19.1 Å². The van der Waals surface area contributed by atoms with E-state index in [0.29, 0.717) is 12.1 Å². The number of nitrogens with one attached hydrogen (secondary N) is 2. The molecule has 21 heavy (non-hydrogen) atoms. The highest BCUT2D eigenvalue weighted by molar-refractivity contribution is 5.94. The monoisotopic (exact) mass is 302 g/mol. The molecule has 0 unspecified atom stereocenters. The molecule has 2 amide bonds. The highest BCUT2D eigenvalue weighted by Crippen LogP contribution is 2.30. The first-order chi connectivity index (χ1) is 9.72. The Balaban J connectivity index is 2.65. The Kier molecular flexibility index (Phi) is 5.75. The highest BCUT2D eigenvalue weighted by atomic mass is 19.4. The topological polar surface area (TPSA) is 58.2 Å². The van der Waals surface area contributed by atoms with Crippen molar-refractivity contribution in [3.05, 3.63) is 29.8 Å². The molecular formula is C14H17F3N2O2. The second-order valence-corrected chi connectivity index (χ2v) is 4.63. The summed E-state index contributed by atoms with van der Waals surface area (Å²) in [6, 6.07) is 4.32. The summed E-state index contributed by atoms with van der Waals surface area (Å²) in [6.07, 6.45) is -3.71. The van der Waals surface area contributed by atoms with Gasteiger partial charge >= 0.3 is 6.18 Å². The van der Waals surface area contributed by atoms with Crippen LogP contribution < -0.4 is 10.6 Å². The largest absolute Gasteiger partial charge is 0.416 e. The normalized spacial score (nSPS) is 12.6. The lowest BCUT2D eigenvalue weighted by molar-refractivity contribution is -0.137. The van der Waals surface area contributed by atoms with Crippen LogP contribution in [-0.4, -0.2) is 17.9 Å². The second-order valence-electron chi connectivity index (χ2n) is 4.63. The average molecular weight is 302 g/mol. The number of carbonyl (C=O) groups is 2. The second kappa shape index (κ2) is 7.10. The molecular weight excluding hydrogens is 285 g/mol. The first-order valence-electron chi connectivity index (χ1n) is 6.46. The van der Waals surface area contributed by atoms with E-state index in [0.717, 1.165) is 12.1 Å². The number of rotatable bonds is 5. The van der Waals surface area contributed by atoms with Crippen LogP contribution in [0.25, 0.3) is 0 Å². The molecule has 0 heterocycles. The van der Waals surface area contributed by atoms with Crippen LogP contribution in [0.1, 0.15) is 32.3 Å². The number of benzene rings is 1. The van der Waals surface area contributed by atoms with Gasteiger partial charge in [-0.1, -0.05) is 6.92 Å². The molecule has 1 aromatic carbocycles. The number of hydrogen-bond acceptors (Lipinski definition) is 3. The van der Waals surface area contributed by atoms with Crippen molar-refractivity contribution in [3.63, 3.8) is 0 Å². The summed E-state index contributed by atoms with van der Waals surface area (Å²) in [6.45, 7) is 3.07. The smallest absolute Gasteiger partial charge is 0.382 e. The maximum Gasteiger partial charge on any atom is 0.416 e. The first-order valence-corrected chi connectivity index (χ1v) is 6.46. The Morgan fingerprint density at radius 1 is 1.19 bits per heavy atom. The zero-order valence-electron chi connectivity index (χ0n) is 11.8. The Hall–Kier alpha value is -2.05. The minimum Gasteiger partial charge on any atom is -0.382 e. The summed E-state index contributed by atoms with van der Waals surface area (Å²) >= 11 is 0. The molecule has 0 fully saturated rings. The van der Waals surface area contributed by atoms with Gasteiger partial charge in [-0.05, 0) is 30.7 Å². The maximum absolute atomic E-state index is 12.4. The van der Waals surface area contributed by atoms with Gasteiger partial charge in [-0.2, -0.15) is 13.2 Å². The lowest BCUT2D eigenvalue weighted by Gasteiger charge is -2.18. The fourth-order valence-corrected chi connectivity index (χ4v) is 1.76. The number of anilines is 1. The van der Waals surface area contributed by atoms with Crippen LogP contribution >= 0.6 is 0 Å². The summed E-state index contributed by atoms with van der Waals surface area (Å²) in [5.41, 5.74) is -0.235. The van der Waals surface area contributed by atoms with E-state index < -0.39 is 23.6 Å². The fourth-order valence-electron chi connectivity index (χ4n) is 1.76. The standard InChI is InChI=1S/C14H17F3N2O2/c1-3-11(8-13(21)18-9(2)20)19-12-6-4-10(5-7-12)14(15,16)17/h4-7,11,19H,3,8H2,1-2H3,(H,18,20,21)/t11-/m1/s1. The third kappa shape index (κ3) is 5.85. The lowest BCUT2D eigenvalue weighted by atomic mass is 10.1. The van der Waals surface area contributed by atoms with E-state index in [1.807, 2.05) is 6.92 Å². The summed E-state index contributed by atoms with van der Waals surface area (Å²) < 4.78 is 37.3. The number of alkyl halides is 3. The van der Waals surface area contributed by atoms with E-state index in [-0.39, 0.29) is 12.5 Å². The molecule has 0 aliphatic rings. The predicted octanol–water partition coefficient (Wildman–Crippen LogP) is 2.95. The minimum absolute atomic E-state index is 0.0666. The molecule has 1 atom stereocenters. The van der Waals surface area contributed by atoms with Crippen LogP contribution in [0.3, 0.4) is 0 Å². The molecule has 0 aliphatic heterocycles. The van der Waals surface area contributed by atoms with Crippen molar-refractivity contribution < 1.29 is 22.8 Å². The SMILES string of the molecule is CC[C@H](CC(=O)NC(C)=O)Nc1ccc(C(F)(F)F)cc1. The van der Waals surface area contributed by atoms with Gasteiger partial charge in [-0.25, -0.2) is 0 Å². The summed E-state index contributed by atoms with van der Waals surface area (Å²) in [7, 11) is 0. The van der Waals surface area contributed by atoms with Gasteiger partial charge < -0.3 is 5.32 Å². The molecule has 0 aromatic heterocycles. The minimum atomic E-state index is -4.37. The Bertz CT molecular complexity index is 498. The van der Waals surface area contributed by atoms with Crippen LogP contribution in [0, 0.1) is 0 Å². The van der Waals surface area contributed by atoms with Crippen molar-refractivity contribution in [2.75, 3.05) is 5.32 Å². The van der Waals surface area contributed by atoms with Crippen molar-refractivity contribution >= 4 is 17.5 Å². The summed E-state index contributed by atoms with van der Waals surface area (Å²) in [5, 5.41) is 5.13. The number of halogens is 3. The van der Waals surface area contributed by atoms with Gasteiger partial charge in [0, 0.05) is 25.1 Å². The Labute approximate surface area is 120 Å². The maximum atomic E-state index is 12.4. The molecule has 1 rings (SSSR count). The Morgan fingerprint density at radius 2 is 1.76 bits per heavy atom. The van der Waals surface area contributed by atoms with Crippen molar-refractivity contribution in [1.29, 1.82) is 0 Å².